The van der Waals surface area contributed by atoms with Crippen LogP contribution in [0.3, 0.4) is 0 Å². The number of aromatic nitrogens is 1. The number of hydrogen-bond acceptors (Lipinski definition) is 4. The molecule has 0 aliphatic rings. The van der Waals surface area contributed by atoms with Crippen molar-refractivity contribution in [3.63, 3.8) is 0 Å². The number of nitrogens with zero attached hydrogens (tertiary/aromatic N) is 1. The number of amides is 1. The van der Waals surface area contributed by atoms with Crippen LogP contribution in [0.25, 0.3) is 11.3 Å². The van der Waals surface area contributed by atoms with E-state index in [4.69, 9.17) is 11.6 Å². The van der Waals surface area contributed by atoms with E-state index in [0.29, 0.717) is 16.4 Å². The molecule has 1 amide bonds. The Bertz CT molecular complexity index is 654. The molecule has 1 aromatic heterocycles. The summed E-state index contributed by atoms with van der Waals surface area (Å²) in [5.41, 5.74) is 1.22. The third kappa shape index (κ3) is 4.36. The normalized spacial score (nSPS) is 10.7. The van der Waals surface area contributed by atoms with Crippen LogP contribution in [-0.2, 0) is 4.79 Å². The van der Waals surface area contributed by atoms with Crippen molar-refractivity contribution in [2.45, 2.75) is 6.61 Å². The van der Waals surface area contributed by atoms with Gasteiger partial charge in [0.15, 0.2) is 5.13 Å². The third-order valence-electron chi connectivity index (χ3n) is 2.32. The molecule has 0 fully saturated rings. The number of ether oxygens (including phenoxy) is 1. The van der Waals surface area contributed by atoms with Crippen LogP contribution in [0.15, 0.2) is 23.6 Å². The van der Waals surface area contributed by atoms with E-state index in [0.717, 1.165) is 0 Å². The van der Waals surface area contributed by atoms with E-state index in [1.165, 1.54) is 23.5 Å². The molecule has 0 atom stereocenters. The summed E-state index contributed by atoms with van der Waals surface area (Å²) in [6.07, 6.45) is 0. The summed E-state index contributed by atoms with van der Waals surface area (Å²) in [5, 5.41) is 5.00. The van der Waals surface area contributed by atoms with Crippen molar-refractivity contribution in [3.8, 4) is 17.0 Å². The lowest BCUT2D eigenvalue weighted by Gasteiger charge is -2.07. The lowest BCUT2D eigenvalue weighted by atomic mass is 10.2. The van der Waals surface area contributed by atoms with Gasteiger partial charge < -0.3 is 10.1 Å². The summed E-state index contributed by atoms with van der Waals surface area (Å²) in [7, 11) is 0. The lowest BCUT2D eigenvalue weighted by Crippen LogP contribution is -2.11. The number of nitrogens with one attached hydrogen (secondary N) is 1. The second kappa shape index (κ2) is 7.15. The van der Waals surface area contributed by atoms with E-state index >= 15 is 0 Å². The van der Waals surface area contributed by atoms with Gasteiger partial charge in [0.1, 0.15) is 5.75 Å². The van der Waals surface area contributed by atoms with Crippen molar-refractivity contribution in [3.05, 3.63) is 28.6 Å². The molecule has 9 heteroatoms. The maximum atomic E-state index is 12.1. The van der Waals surface area contributed by atoms with Crippen LogP contribution in [0.4, 0.5) is 13.9 Å². The van der Waals surface area contributed by atoms with Gasteiger partial charge in [0.25, 0.3) is 0 Å². The zero-order chi connectivity index (χ0) is 15.4. The first-order chi connectivity index (χ1) is 9.99. The van der Waals surface area contributed by atoms with Crippen molar-refractivity contribution in [2.24, 2.45) is 0 Å². The number of thiazole rings is 1. The van der Waals surface area contributed by atoms with Gasteiger partial charge >= 0.3 is 6.61 Å². The average Bonchev–Trinajstić information content (AvgIpc) is 2.89. The molecule has 0 saturated heterocycles. The fourth-order valence-corrected chi connectivity index (χ4v) is 2.57. The second-order valence-corrected chi connectivity index (χ2v) is 5.57. The number of anilines is 1. The minimum absolute atomic E-state index is 0.0619. The fraction of sp³-hybridized carbons (Fsp3) is 0.167. The minimum atomic E-state index is -2.93. The summed E-state index contributed by atoms with van der Waals surface area (Å²) in [4.78, 5) is 15.4. The van der Waals surface area contributed by atoms with Gasteiger partial charge in [-0.15, -0.1) is 11.3 Å². The number of alkyl halides is 3. The molecule has 0 unspecified atom stereocenters. The van der Waals surface area contributed by atoms with Crippen molar-refractivity contribution >= 4 is 49.9 Å². The molecule has 1 aromatic carbocycles. The number of benzene rings is 1. The molecule has 0 radical (unpaired) electrons. The van der Waals surface area contributed by atoms with Crippen LogP contribution in [0.2, 0.25) is 5.02 Å². The molecule has 0 aliphatic heterocycles. The van der Waals surface area contributed by atoms with E-state index in [1.54, 1.807) is 11.4 Å². The SMILES string of the molecule is O=C(CBr)Nc1nc(-c2ccc(OC(F)F)c(Cl)c2)cs1. The summed E-state index contributed by atoms with van der Waals surface area (Å²) in [6, 6.07) is 4.39. The number of carbonyl (C=O) groups excluding carboxylic acids is 1. The average molecular weight is 398 g/mol. The zero-order valence-electron chi connectivity index (χ0n) is 10.3. The Morgan fingerprint density at radius 1 is 1.52 bits per heavy atom. The fourth-order valence-electron chi connectivity index (χ4n) is 1.47. The minimum Gasteiger partial charge on any atom is -0.433 e. The van der Waals surface area contributed by atoms with Gasteiger partial charge in [0.05, 0.1) is 16.0 Å². The van der Waals surface area contributed by atoms with Crippen LogP contribution < -0.4 is 10.1 Å². The molecule has 21 heavy (non-hydrogen) atoms. The largest absolute Gasteiger partial charge is 0.433 e. The van der Waals surface area contributed by atoms with Crippen molar-refractivity contribution < 1.29 is 18.3 Å². The smallest absolute Gasteiger partial charge is 0.387 e. The molecular formula is C12H8BrClF2N2O2S. The molecule has 112 valence electrons. The summed E-state index contributed by atoms with van der Waals surface area (Å²) < 4.78 is 28.6. The first-order valence-electron chi connectivity index (χ1n) is 5.55. The van der Waals surface area contributed by atoms with Gasteiger partial charge in [-0.25, -0.2) is 4.98 Å². The maximum absolute atomic E-state index is 12.1. The molecule has 1 heterocycles. The maximum Gasteiger partial charge on any atom is 0.387 e. The number of carbonyl (C=O) groups is 1. The van der Waals surface area contributed by atoms with Crippen LogP contribution in [0, 0.1) is 0 Å². The standard InChI is InChI=1S/C12H8BrClF2N2O2S/c13-4-10(19)18-12-17-8(5-21-12)6-1-2-9(7(14)3-6)20-11(15)16/h1-3,5,11H,4H2,(H,17,18,19). The third-order valence-corrected chi connectivity index (χ3v) is 3.88. The Kier molecular flexibility index (Phi) is 5.49. The molecule has 0 spiro atoms. The molecule has 0 bridgehead atoms. The summed E-state index contributed by atoms with van der Waals surface area (Å²) in [6.45, 7) is -2.93. The number of halogens is 4. The van der Waals surface area contributed by atoms with Crippen LogP contribution in [0.1, 0.15) is 0 Å². The van der Waals surface area contributed by atoms with Crippen molar-refractivity contribution in [1.82, 2.24) is 4.98 Å². The van der Waals surface area contributed by atoms with Crippen molar-refractivity contribution in [1.29, 1.82) is 0 Å². The number of hydrogen-bond donors (Lipinski definition) is 1. The Hall–Kier alpha value is -1.25. The lowest BCUT2D eigenvalue weighted by molar-refractivity contribution is -0.113. The number of rotatable bonds is 5. The van der Waals surface area contributed by atoms with Crippen molar-refractivity contribution in [2.75, 3.05) is 10.6 Å². The molecule has 0 saturated carbocycles. The van der Waals surface area contributed by atoms with Gasteiger partial charge in [-0.2, -0.15) is 8.78 Å². The van der Waals surface area contributed by atoms with E-state index in [2.05, 4.69) is 31.0 Å². The summed E-state index contributed by atoms with van der Waals surface area (Å²) in [5.74, 6) is -0.312. The first-order valence-corrected chi connectivity index (χ1v) is 7.93. The highest BCUT2D eigenvalue weighted by molar-refractivity contribution is 9.09. The van der Waals surface area contributed by atoms with Crippen LogP contribution in [-0.4, -0.2) is 22.8 Å². The van der Waals surface area contributed by atoms with Crippen LogP contribution >= 0.6 is 38.9 Å². The summed E-state index contributed by atoms with van der Waals surface area (Å²) >= 11 is 10.2. The second-order valence-electron chi connectivity index (χ2n) is 3.74. The van der Waals surface area contributed by atoms with E-state index in [9.17, 15) is 13.6 Å². The molecule has 1 N–H and O–H groups in total. The predicted molar refractivity (Wildman–Crippen MR) is 81.6 cm³/mol. The Balaban J connectivity index is 2.19. The first kappa shape index (κ1) is 16.1. The zero-order valence-corrected chi connectivity index (χ0v) is 13.4. The van der Waals surface area contributed by atoms with E-state index < -0.39 is 6.61 Å². The topological polar surface area (TPSA) is 51.2 Å². The highest BCUT2D eigenvalue weighted by Gasteiger charge is 2.12. The highest BCUT2D eigenvalue weighted by atomic mass is 79.9. The highest BCUT2D eigenvalue weighted by Crippen LogP contribution is 2.32. The molecule has 4 nitrogen and oxygen atoms in total. The Morgan fingerprint density at radius 2 is 2.29 bits per heavy atom. The van der Waals surface area contributed by atoms with Crippen LogP contribution in [0.5, 0.6) is 5.75 Å². The van der Waals surface area contributed by atoms with Gasteiger partial charge in [-0.05, 0) is 18.2 Å². The van der Waals surface area contributed by atoms with Gasteiger partial charge in [0, 0.05) is 10.9 Å². The molecule has 0 aliphatic carbocycles. The Labute approximate surface area is 136 Å². The van der Waals surface area contributed by atoms with E-state index in [-0.39, 0.29) is 22.0 Å². The quantitative estimate of drug-likeness (QED) is 0.761. The van der Waals surface area contributed by atoms with Gasteiger partial charge in [0.2, 0.25) is 5.91 Å². The molecule has 2 rings (SSSR count). The monoisotopic (exact) mass is 396 g/mol. The van der Waals surface area contributed by atoms with Gasteiger partial charge in [-0.3, -0.25) is 4.79 Å². The molecule has 2 aromatic rings. The predicted octanol–water partition coefficient (Wildman–Crippen LogP) is 4.40. The van der Waals surface area contributed by atoms with Gasteiger partial charge in [-0.1, -0.05) is 27.5 Å². The van der Waals surface area contributed by atoms with E-state index in [1.807, 2.05) is 0 Å². The Morgan fingerprint density at radius 3 is 2.90 bits per heavy atom. The molecular weight excluding hydrogens is 390 g/mol.